The number of halogens is 7. The Morgan fingerprint density at radius 3 is 2.18 bits per heavy atom. The molecule has 1 aliphatic heterocycles. The first-order valence-electron chi connectivity index (χ1n) is 10.1. The first-order chi connectivity index (χ1) is 14.8. The number of amides is 1. The zero-order chi connectivity index (χ0) is 23.8. The number of carbonyl (C=O) groups is 1. The summed E-state index contributed by atoms with van der Waals surface area (Å²) in [6.07, 6.45) is -9.33. The summed E-state index contributed by atoms with van der Waals surface area (Å²) >= 11 is 1.54. The molecular weight excluding hydrogens is 490 g/mol. The summed E-state index contributed by atoms with van der Waals surface area (Å²) in [6.45, 7) is 4.60. The molecule has 1 amide bonds. The van der Waals surface area contributed by atoms with Gasteiger partial charge < -0.3 is 10.2 Å². The second kappa shape index (κ2) is 10.2. The van der Waals surface area contributed by atoms with Crippen LogP contribution in [0.2, 0.25) is 0 Å². The van der Waals surface area contributed by atoms with Gasteiger partial charge in [0, 0.05) is 30.3 Å². The molecule has 3 nitrogen and oxygen atoms in total. The number of piperidine rings is 1. The van der Waals surface area contributed by atoms with E-state index in [0.29, 0.717) is 31.6 Å². The van der Waals surface area contributed by atoms with E-state index < -0.39 is 35.4 Å². The van der Waals surface area contributed by atoms with E-state index in [0.717, 1.165) is 10.4 Å². The Balaban J connectivity index is 0.00000385. The highest BCUT2D eigenvalue weighted by molar-refractivity contribution is 7.10. The molecule has 33 heavy (non-hydrogen) atoms. The minimum atomic E-state index is -4.94. The predicted octanol–water partition coefficient (Wildman–Crippen LogP) is 6.43. The summed E-state index contributed by atoms with van der Waals surface area (Å²) in [5, 5.41) is 5.21. The van der Waals surface area contributed by atoms with Crippen LogP contribution in [0.15, 0.2) is 29.6 Å². The summed E-state index contributed by atoms with van der Waals surface area (Å²) in [5.41, 5.74) is -1.92. The summed E-state index contributed by atoms with van der Waals surface area (Å²) in [5.74, 6) is -0.796. The second-order valence-corrected chi connectivity index (χ2v) is 9.09. The van der Waals surface area contributed by atoms with E-state index in [1.54, 1.807) is 11.3 Å². The first-order valence-corrected chi connectivity index (χ1v) is 11.0. The van der Waals surface area contributed by atoms with Crippen LogP contribution in [0.1, 0.15) is 52.4 Å². The Morgan fingerprint density at radius 2 is 1.70 bits per heavy atom. The van der Waals surface area contributed by atoms with Crippen molar-refractivity contribution in [1.82, 2.24) is 10.2 Å². The van der Waals surface area contributed by atoms with Gasteiger partial charge in [-0.25, -0.2) is 0 Å². The smallest absolute Gasteiger partial charge is 0.339 e. The van der Waals surface area contributed by atoms with Crippen molar-refractivity contribution >= 4 is 29.7 Å². The summed E-state index contributed by atoms with van der Waals surface area (Å²) in [7, 11) is 1.43. The number of hydrogen-bond donors (Lipinski definition) is 1. The van der Waals surface area contributed by atoms with Crippen molar-refractivity contribution in [3.8, 4) is 0 Å². The molecule has 0 unspecified atom stereocenters. The molecule has 2 aromatic rings. The van der Waals surface area contributed by atoms with Crippen molar-refractivity contribution in [2.75, 3.05) is 20.1 Å². The summed E-state index contributed by atoms with van der Waals surface area (Å²) in [4.78, 5) is 15.7. The van der Waals surface area contributed by atoms with Gasteiger partial charge >= 0.3 is 12.4 Å². The van der Waals surface area contributed by atoms with E-state index in [1.165, 1.54) is 18.9 Å². The molecule has 1 N–H and O–H groups in total. The molecule has 0 saturated carbocycles. The van der Waals surface area contributed by atoms with Crippen molar-refractivity contribution in [2.45, 2.75) is 44.6 Å². The van der Waals surface area contributed by atoms with Gasteiger partial charge in [-0.2, -0.15) is 26.3 Å². The zero-order valence-electron chi connectivity index (χ0n) is 18.2. The van der Waals surface area contributed by atoms with Crippen molar-refractivity contribution in [2.24, 2.45) is 5.92 Å². The molecule has 184 valence electrons. The van der Waals surface area contributed by atoms with Crippen molar-refractivity contribution in [1.29, 1.82) is 0 Å². The van der Waals surface area contributed by atoms with Crippen LogP contribution in [0.4, 0.5) is 26.3 Å². The lowest BCUT2D eigenvalue weighted by Crippen LogP contribution is -2.44. The molecule has 1 aromatic heterocycles. The minimum Gasteiger partial charge on any atom is -0.339 e. The van der Waals surface area contributed by atoms with E-state index >= 15 is 0 Å². The molecule has 0 aliphatic carbocycles. The highest BCUT2D eigenvalue weighted by Crippen LogP contribution is 2.40. The molecule has 0 bridgehead atoms. The van der Waals surface area contributed by atoms with Gasteiger partial charge in [-0.3, -0.25) is 4.79 Å². The molecule has 1 aliphatic rings. The third-order valence-electron chi connectivity index (χ3n) is 6.06. The van der Waals surface area contributed by atoms with Crippen LogP contribution in [0.25, 0.3) is 0 Å². The Morgan fingerprint density at radius 1 is 1.12 bits per heavy atom. The van der Waals surface area contributed by atoms with Crippen LogP contribution in [0.5, 0.6) is 0 Å². The maximum atomic E-state index is 13.4. The number of alkyl halides is 6. The number of nitrogens with zero attached hydrogens (tertiary/aromatic N) is 1. The zero-order valence-corrected chi connectivity index (χ0v) is 19.8. The van der Waals surface area contributed by atoms with Gasteiger partial charge in [-0.15, -0.1) is 23.7 Å². The molecule has 1 fully saturated rings. The number of hydrogen-bond acceptors (Lipinski definition) is 3. The third-order valence-corrected chi connectivity index (χ3v) is 7.21. The van der Waals surface area contributed by atoms with Crippen LogP contribution < -0.4 is 5.32 Å². The topological polar surface area (TPSA) is 32.3 Å². The average molecular weight is 515 g/mol. The van der Waals surface area contributed by atoms with Gasteiger partial charge in [0.15, 0.2) is 0 Å². The second-order valence-electron chi connectivity index (χ2n) is 8.14. The fraction of sp³-hybridized carbons (Fsp3) is 0.500. The summed E-state index contributed by atoms with van der Waals surface area (Å²) < 4.78 is 79.5. The number of carbonyl (C=O) groups excluding carboxylic acids is 1. The molecule has 1 saturated heterocycles. The SMILES string of the molecule is Cc1ccsc1[C@@H]1CNCC[C@H]1C(=O)N(C)[C@@H](C)c1cc(C(F)(F)F)cc(C(F)(F)F)c1.Cl. The van der Waals surface area contributed by atoms with E-state index in [9.17, 15) is 31.1 Å². The van der Waals surface area contributed by atoms with E-state index in [1.807, 2.05) is 18.4 Å². The molecule has 11 heteroatoms. The number of rotatable bonds is 4. The average Bonchev–Trinajstić information content (AvgIpc) is 3.16. The van der Waals surface area contributed by atoms with Crippen LogP contribution in [-0.4, -0.2) is 30.9 Å². The van der Waals surface area contributed by atoms with Crippen LogP contribution in [0.3, 0.4) is 0 Å². The van der Waals surface area contributed by atoms with Gasteiger partial charge in [-0.05, 0) is 67.6 Å². The maximum absolute atomic E-state index is 13.4. The minimum absolute atomic E-state index is 0. The lowest BCUT2D eigenvalue weighted by Gasteiger charge is -2.36. The lowest BCUT2D eigenvalue weighted by molar-refractivity contribution is -0.143. The largest absolute Gasteiger partial charge is 0.416 e. The fourth-order valence-corrected chi connectivity index (χ4v) is 5.19. The predicted molar refractivity (Wildman–Crippen MR) is 118 cm³/mol. The van der Waals surface area contributed by atoms with Crippen molar-refractivity contribution in [3.05, 3.63) is 56.8 Å². The van der Waals surface area contributed by atoms with Gasteiger partial charge in [0.25, 0.3) is 0 Å². The monoisotopic (exact) mass is 514 g/mol. The molecular formula is C22H25ClF6N2OS. The van der Waals surface area contributed by atoms with Gasteiger partial charge in [0.1, 0.15) is 0 Å². The third kappa shape index (κ3) is 6.02. The first kappa shape index (κ1) is 27.5. The standard InChI is InChI=1S/C22H24F6N2OS.ClH/c1-12-5-7-32-19(12)18-11-29-6-4-17(18)20(31)30(3)13(2)14-8-15(21(23,24)25)10-16(9-14)22(26,27)28;/h5,7-10,13,17-18,29H,4,6,11H2,1-3H3;1H/t13-,17+,18+;/m0./s1. The van der Waals surface area contributed by atoms with E-state index in [2.05, 4.69) is 5.32 Å². The van der Waals surface area contributed by atoms with Crippen LogP contribution >= 0.6 is 23.7 Å². The fourth-order valence-electron chi connectivity index (χ4n) is 4.09. The van der Waals surface area contributed by atoms with E-state index in [4.69, 9.17) is 0 Å². The Hall–Kier alpha value is -1.78. The number of thiophene rings is 1. The molecule has 1 aromatic carbocycles. The maximum Gasteiger partial charge on any atom is 0.416 e. The Labute approximate surface area is 198 Å². The number of nitrogens with one attached hydrogen (secondary N) is 1. The lowest BCUT2D eigenvalue weighted by atomic mass is 9.83. The van der Waals surface area contributed by atoms with Gasteiger partial charge in [0.05, 0.1) is 17.2 Å². The van der Waals surface area contributed by atoms with Gasteiger partial charge in [0.2, 0.25) is 5.91 Å². The Kier molecular flexibility index (Phi) is 8.51. The highest BCUT2D eigenvalue weighted by Gasteiger charge is 2.39. The molecule has 0 radical (unpaired) electrons. The molecule has 0 spiro atoms. The van der Waals surface area contributed by atoms with E-state index in [-0.39, 0.29) is 35.9 Å². The quantitative estimate of drug-likeness (QED) is 0.477. The number of aryl methyl sites for hydroxylation is 1. The molecule has 3 rings (SSSR count). The number of benzene rings is 1. The summed E-state index contributed by atoms with van der Waals surface area (Å²) in [6, 6.07) is 2.47. The normalized spacial score (nSPS) is 20.2. The van der Waals surface area contributed by atoms with Gasteiger partial charge in [-0.1, -0.05) is 0 Å². The highest BCUT2D eigenvalue weighted by atomic mass is 35.5. The van der Waals surface area contributed by atoms with Crippen molar-refractivity contribution < 1.29 is 31.1 Å². The molecule has 2 heterocycles. The van der Waals surface area contributed by atoms with Crippen LogP contribution in [0, 0.1) is 12.8 Å². The molecule has 3 atom stereocenters. The van der Waals surface area contributed by atoms with Crippen LogP contribution in [-0.2, 0) is 17.1 Å². The Bertz CT molecular complexity index is 942. The van der Waals surface area contributed by atoms with Crippen molar-refractivity contribution in [3.63, 3.8) is 0 Å².